The molecule has 0 radical (unpaired) electrons. The molecule has 3 rings (SSSR count). The largest absolute Gasteiger partial charge is 0.495 e. The highest BCUT2D eigenvalue weighted by atomic mass is 19.1. The van der Waals surface area contributed by atoms with Crippen molar-refractivity contribution in [3.05, 3.63) is 59.2 Å². The number of carbonyl (C=O) groups is 2. The van der Waals surface area contributed by atoms with Gasteiger partial charge in [0.05, 0.1) is 12.8 Å². The Hall–Kier alpha value is -2.96. The van der Waals surface area contributed by atoms with Gasteiger partial charge in [-0.3, -0.25) is 9.59 Å². The predicted octanol–water partition coefficient (Wildman–Crippen LogP) is 2.81. The molecule has 0 aliphatic heterocycles. The molecule has 0 saturated heterocycles. The fraction of sp³-hybridized carbons (Fsp3) is 0.222. The fourth-order valence-electron chi connectivity index (χ4n) is 2.81. The summed E-state index contributed by atoms with van der Waals surface area (Å²) >= 11 is 0. The van der Waals surface area contributed by atoms with Crippen molar-refractivity contribution in [2.45, 2.75) is 12.3 Å². The second-order valence-electron chi connectivity index (χ2n) is 5.88. The molecule has 1 fully saturated rings. The average Bonchev–Trinajstić information content (AvgIpc) is 3.37. The normalized spacial score (nSPS) is 18.5. The van der Waals surface area contributed by atoms with Crippen LogP contribution >= 0.6 is 0 Å². The minimum absolute atomic E-state index is 0.193. The van der Waals surface area contributed by atoms with E-state index in [-0.39, 0.29) is 23.0 Å². The number of nitrogens with one attached hydrogen (secondary N) is 1. The molecule has 25 heavy (non-hydrogen) atoms. The molecule has 2 amide bonds. The number of amides is 2. The summed E-state index contributed by atoms with van der Waals surface area (Å²) < 4.78 is 32.3. The number of hydrogen-bond acceptors (Lipinski definition) is 3. The minimum Gasteiger partial charge on any atom is -0.495 e. The van der Waals surface area contributed by atoms with Gasteiger partial charge in [0.1, 0.15) is 17.4 Å². The molecule has 0 aromatic heterocycles. The average molecular weight is 346 g/mol. The van der Waals surface area contributed by atoms with E-state index in [1.807, 2.05) is 0 Å². The van der Waals surface area contributed by atoms with Crippen LogP contribution < -0.4 is 15.8 Å². The zero-order valence-corrected chi connectivity index (χ0v) is 13.4. The first-order chi connectivity index (χ1) is 11.9. The summed E-state index contributed by atoms with van der Waals surface area (Å²) in [6, 6.07) is 7.62. The second-order valence-corrected chi connectivity index (χ2v) is 5.88. The second kappa shape index (κ2) is 6.51. The monoisotopic (exact) mass is 346 g/mol. The van der Waals surface area contributed by atoms with Gasteiger partial charge in [0.25, 0.3) is 0 Å². The number of ether oxygens (including phenoxy) is 1. The van der Waals surface area contributed by atoms with Crippen molar-refractivity contribution in [3.8, 4) is 5.75 Å². The van der Waals surface area contributed by atoms with Crippen molar-refractivity contribution in [1.29, 1.82) is 0 Å². The topological polar surface area (TPSA) is 81.4 Å². The molecule has 7 heteroatoms. The molecule has 1 aliphatic rings. The van der Waals surface area contributed by atoms with Crippen molar-refractivity contribution >= 4 is 17.5 Å². The van der Waals surface area contributed by atoms with Crippen LogP contribution in [0.2, 0.25) is 0 Å². The third kappa shape index (κ3) is 3.45. The highest BCUT2D eigenvalue weighted by molar-refractivity contribution is 5.99. The van der Waals surface area contributed by atoms with Crippen molar-refractivity contribution in [2.24, 2.45) is 11.7 Å². The molecule has 0 bridgehead atoms. The van der Waals surface area contributed by atoms with Crippen molar-refractivity contribution in [3.63, 3.8) is 0 Å². The van der Waals surface area contributed by atoms with E-state index in [9.17, 15) is 18.4 Å². The number of primary amides is 1. The highest BCUT2D eigenvalue weighted by Gasteiger charge is 2.45. The Kier molecular flexibility index (Phi) is 4.39. The number of nitrogens with two attached hydrogens (primary N) is 1. The maximum atomic E-state index is 13.8. The van der Waals surface area contributed by atoms with Gasteiger partial charge in [0.2, 0.25) is 11.8 Å². The molecule has 5 nitrogen and oxygen atoms in total. The Labute approximate surface area is 142 Å². The van der Waals surface area contributed by atoms with Crippen LogP contribution in [0.5, 0.6) is 5.75 Å². The maximum absolute atomic E-state index is 13.8. The van der Waals surface area contributed by atoms with Crippen LogP contribution in [-0.2, 0) is 4.79 Å². The van der Waals surface area contributed by atoms with E-state index in [1.54, 1.807) is 0 Å². The first-order valence-electron chi connectivity index (χ1n) is 7.64. The van der Waals surface area contributed by atoms with Crippen LogP contribution in [0.4, 0.5) is 14.5 Å². The van der Waals surface area contributed by atoms with Crippen LogP contribution in [0, 0.1) is 17.6 Å². The molecule has 2 aromatic rings. The van der Waals surface area contributed by atoms with E-state index in [4.69, 9.17) is 10.5 Å². The van der Waals surface area contributed by atoms with Gasteiger partial charge in [-0.05, 0) is 54.3 Å². The van der Waals surface area contributed by atoms with E-state index >= 15 is 0 Å². The standard InChI is InChI=1S/C18H16F2N2O3/c1-25-16-5-2-9(17(21)23)6-15(16)22-18(24)13-8-11(13)12-7-10(19)3-4-14(12)20/h2-7,11,13H,8H2,1H3,(H2,21,23)(H,22,24). The number of hydrogen-bond donors (Lipinski definition) is 2. The van der Waals surface area contributed by atoms with Crippen LogP contribution in [0.15, 0.2) is 36.4 Å². The summed E-state index contributed by atoms with van der Waals surface area (Å²) in [7, 11) is 1.43. The number of halogens is 2. The summed E-state index contributed by atoms with van der Waals surface area (Å²) in [4.78, 5) is 23.7. The third-order valence-electron chi connectivity index (χ3n) is 4.23. The Morgan fingerprint density at radius 3 is 2.64 bits per heavy atom. The molecular weight excluding hydrogens is 330 g/mol. The molecule has 2 atom stereocenters. The zero-order chi connectivity index (χ0) is 18.1. The van der Waals surface area contributed by atoms with Gasteiger partial charge >= 0.3 is 0 Å². The highest BCUT2D eigenvalue weighted by Crippen LogP contribution is 2.49. The summed E-state index contributed by atoms with van der Waals surface area (Å²) in [5, 5.41) is 2.66. The Morgan fingerprint density at radius 1 is 1.20 bits per heavy atom. The van der Waals surface area contributed by atoms with Gasteiger partial charge in [-0.1, -0.05) is 0 Å². The predicted molar refractivity (Wildman–Crippen MR) is 87.3 cm³/mol. The SMILES string of the molecule is COc1ccc(C(N)=O)cc1NC(=O)C1CC1c1cc(F)ccc1F. The summed E-state index contributed by atoms with van der Waals surface area (Å²) in [6.07, 6.45) is 0.421. The number of anilines is 1. The summed E-state index contributed by atoms with van der Waals surface area (Å²) in [5.74, 6) is -2.54. The number of methoxy groups -OCH3 is 1. The van der Waals surface area contributed by atoms with Crippen LogP contribution in [-0.4, -0.2) is 18.9 Å². The molecular formula is C18H16F2N2O3. The molecule has 130 valence electrons. The number of carbonyl (C=O) groups excluding carboxylic acids is 2. The lowest BCUT2D eigenvalue weighted by molar-refractivity contribution is -0.117. The molecule has 1 aliphatic carbocycles. The van der Waals surface area contributed by atoms with Crippen LogP contribution in [0.25, 0.3) is 0 Å². The maximum Gasteiger partial charge on any atom is 0.248 e. The Morgan fingerprint density at radius 2 is 1.96 bits per heavy atom. The Bertz CT molecular complexity index is 854. The molecule has 0 heterocycles. The van der Waals surface area contributed by atoms with E-state index in [0.29, 0.717) is 17.9 Å². The van der Waals surface area contributed by atoms with E-state index in [0.717, 1.165) is 18.2 Å². The smallest absolute Gasteiger partial charge is 0.248 e. The molecule has 1 saturated carbocycles. The van der Waals surface area contributed by atoms with Crippen molar-refractivity contribution in [2.75, 3.05) is 12.4 Å². The summed E-state index contributed by atoms with van der Waals surface area (Å²) in [6.45, 7) is 0. The van der Waals surface area contributed by atoms with E-state index < -0.39 is 23.5 Å². The first kappa shape index (κ1) is 16.9. The number of rotatable bonds is 5. The van der Waals surface area contributed by atoms with E-state index in [1.165, 1.54) is 25.3 Å². The minimum atomic E-state index is -0.635. The molecule has 0 spiro atoms. The van der Waals surface area contributed by atoms with Gasteiger partial charge in [0.15, 0.2) is 0 Å². The fourth-order valence-corrected chi connectivity index (χ4v) is 2.81. The lowest BCUT2D eigenvalue weighted by Crippen LogP contribution is -2.17. The summed E-state index contributed by atoms with van der Waals surface area (Å²) in [5.41, 5.74) is 5.95. The zero-order valence-electron chi connectivity index (χ0n) is 13.4. The first-order valence-corrected chi connectivity index (χ1v) is 7.64. The third-order valence-corrected chi connectivity index (χ3v) is 4.23. The lowest BCUT2D eigenvalue weighted by atomic mass is 10.1. The molecule has 2 unspecified atom stereocenters. The van der Waals surface area contributed by atoms with Gasteiger partial charge in [-0.25, -0.2) is 8.78 Å². The van der Waals surface area contributed by atoms with E-state index in [2.05, 4.69) is 5.32 Å². The van der Waals surface area contributed by atoms with Gasteiger partial charge < -0.3 is 15.8 Å². The van der Waals surface area contributed by atoms with Gasteiger partial charge in [-0.2, -0.15) is 0 Å². The quantitative estimate of drug-likeness (QED) is 0.873. The Balaban J connectivity index is 1.77. The molecule has 3 N–H and O–H groups in total. The van der Waals surface area contributed by atoms with Crippen LogP contribution in [0.3, 0.4) is 0 Å². The molecule has 2 aromatic carbocycles. The number of benzene rings is 2. The van der Waals surface area contributed by atoms with Crippen molar-refractivity contribution < 1.29 is 23.1 Å². The van der Waals surface area contributed by atoms with Crippen LogP contribution in [0.1, 0.15) is 28.3 Å². The van der Waals surface area contributed by atoms with Gasteiger partial charge in [0, 0.05) is 11.5 Å². The van der Waals surface area contributed by atoms with Crippen molar-refractivity contribution in [1.82, 2.24) is 0 Å². The van der Waals surface area contributed by atoms with Gasteiger partial charge in [-0.15, -0.1) is 0 Å². The lowest BCUT2D eigenvalue weighted by Gasteiger charge is -2.11.